The highest BCUT2D eigenvalue weighted by molar-refractivity contribution is 5.75. The van der Waals surface area contributed by atoms with E-state index in [2.05, 4.69) is 5.32 Å². The predicted octanol–water partition coefficient (Wildman–Crippen LogP) is 2.64. The Bertz CT molecular complexity index is 474. The number of hydrogen-bond acceptors (Lipinski definition) is 4. The highest BCUT2D eigenvalue weighted by Crippen LogP contribution is 2.27. The van der Waals surface area contributed by atoms with E-state index in [-0.39, 0.29) is 24.5 Å². The average Bonchev–Trinajstić information content (AvgIpc) is 2.95. The van der Waals surface area contributed by atoms with Gasteiger partial charge in [0.25, 0.3) is 0 Å². The van der Waals surface area contributed by atoms with Crippen molar-refractivity contribution < 1.29 is 19.1 Å². The van der Waals surface area contributed by atoms with Crippen molar-refractivity contribution in [3.8, 4) is 0 Å². The summed E-state index contributed by atoms with van der Waals surface area (Å²) >= 11 is 0. The molecule has 1 aliphatic rings. The van der Waals surface area contributed by atoms with Crippen LogP contribution in [0.4, 0.5) is 4.79 Å². The molecule has 2 rings (SSSR count). The summed E-state index contributed by atoms with van der Waals surface area (Å²) in [6.07, 6.45) is 1.96. The summed E-state index contributed by atoms with van der Waals surface area (Å²) in [4.78, 5) is 23.6. The van der Waals surface area contributed by atoms with E-state index in [1.807, 2.05) is 30.3 Å². The molecule has 1 aromatic carbocycles. The van der Waals surface area contributed by atoms with Crippen molar-refractivity contribution >= 4 is 12.1 Å². The second-order valence-electron chi connectivity index (χ2n) is 5.10. The summed E-state index contributed by atoms with van der Waals surface area (Å²) in [5.74, 6) is -0.488. The van der Waals surface area contributed by atoms with Crippen molar-refractivity contribution in [1.82, 2.24) is 5.32 Å². The average molecular weight is 291 g/mol. The molecule has 1 N–H and O–H groups in total. The van der Waals surface area contributed by atoms with E-state index in [0.717, 1.165) is 24.8 Å². The van der Waals surface area contributed by atoms with E-state index < -0.39 is 6.09 Å². The van der Waals surface area contributed by atoms with E-state index in [1.165, 1.54) is 0 Å². The smallest absolute Gasteiger partial charge is 0.407 e. The first-order chi connectivity index (χ1) is 10.2. The first kappa shape index (κ1) is 15.4. The van der Waals surface area contributed by atoms with Gasteiger partial charge in [-0.15, -0.1) is 0 Å². The van der Waals surface area contributed by atoms with Gasteiger partial charge >= 0.3 is 12.1 Å². The van der Waals surface area contributed by atoms with E-state index in [1.54, 1.807) is 6.92 Å². The Labute approximate surface area is 124 Å². The Hall–Kier alpha value is -2.04. The van der Waals surface area contributed by atoms with Gasteiger partial charge in [-0.2, -0.15) is 0 Å². The molecule has 5 nitrogen and oxygen atoms in total. The molecule has 0 spiro atoms. The third-order valence-corrected chi connectivity index (χ3v) is 3.62. The summed E-state index contributed by atoms with van der Waals surface area (Å²) in [6, 6.07) is 9.29. The number of hydrogen-bond donors (Lipinski definition) is 1. The molecule has 1 aromatic rings. The second kappa shape index (κ2) is 7.67. The lowest BCUT2D eigenvalue weighted by Gasteiger charge is -2.19. The standard InChI is InChI=1S/C16H21NO4/c1-2-20-15(18)13-9-6-10-14(13)17-16(19)21-11-12-7-4-3-5-8-12/h3-5,7-8,13-14H,2,6,9-11H2,1H3,(H,17,19)/t13-,14+/m0/s1. The number of alkyl carbamates (subject to hydrolysis) is 1. The Morgan fingerprint density at radius 1 is 1.19 bits per heavy atom. The van der Waals surface area contributed by atoms with Crippen LogP contribution in [0.3, 0.4) is 0 Å². The molecule has 21 heavy (non-hydrogen) atoms. The molecule has 0 bridgehead atoms. The van der Waals surface area contributed by atoms with Gasteiger partial charge in [-0.1, -0.05) is 36.8 Å². The second-order valence-corrected chi connectivity index (χ2v) is 5.10. The van der Waals surface area contributed by atoms with Gasteiger partial charge in [0.15, 0.2) is 0 Å². The molecule has 2 atom stereocenters. The molecule has 0 heterocycles. The molecule has 0 aromatic heterocycles. The number of ether oxygens (including phenoxy) is 2. The van der Waals surface area contributed by atoms with Crippen LogP contribution in [0.25, 0.3) is 0 Å². The third-order valence-electron chi connectivity index (χ3n) is 3.62. The first-order valence-corrected chi connectivity index (χ1v) is 7.34. The van der Waals surface area contributed by atoms with Crippen LogP contribution in [0, 0.1) is 5.92 Å². The van der Waals surface area contributed by atoms with E-state index in [4.69, 9.17) is 9.47 Å². The van der Waals surface area contributed by atoms with Crippen LogP contribution in [0.1, 0.15) is 31.7 Å². The van der Waals surface area contributed by atoms with Crippen LogP contribution in [0.15, 0.2) is 30.3 Å². The summed E-state index contributed by atoms with van der Waals surface area (Å²) in [5, 5.41) is 2.78. The lowest BCUT2D eigenvalue weighted by atomic mass is 10.0. The molecule has 1 amide bonds. The predicted molar refractivity (Wildman–Crippen MR) is 77.5 cm³/mol. The minimum atomic E-state index is -0.486. The van der Waals surface area contributed by atoms with Gasteiger partial charge in [0.1, 0.15) is 6.61 Å². The molecular weight excluding hydrogens is 270 g/mol. The van der Waals surface area contributed by atoms with Crippen LogP contribution in [-0.4, -0.2) is 24.7 Å². The SMILES string of the molecule is CCOC(=O)[C@H]1CCC[C@H]1NC(=O)OCc1ccccc1. The Morgan fingerprint density at radius 3 is 2.67 bits per heavy atom. The van der Waals surface area contributed by atoms with Crippen molar-refractivity contribution in [2.75, 3.05) is 6.61 Å². The maximum atomic E-state index is 11.8. The van der Waals surface area contributed by atoms with Gasteiger partial charge in [-0.3, -0.25) is 4.79 Å². The topological polar surface area (TPSA) is 64.6 Å². The minimum Gasteiger partial charge on any atom is -0.466 e. The van der Waals surface area contributed by atoms with Gasteiger partial charge < -0.3 is 14.8 Å². The number of carbonyl (C=O) groups excluding carboxylic acids is 2. The molecule has 5 heteroatoms. The number of benzene rings is 1. The largest absolute Gasteiger partial charge is 0.466 e. The molecule has 0 aliphatic heterocycles. The fourth-order valence-corrected chi connectivity index (χ4v) is 2.58. The summed E-state index contributed by atoms with van der Waals surface area (Å²) in [6.45, 7) is 2.37. The number of amides is 1. The van der Waals surface area contributed by atoms with Crippen molar-refractivity contribution in [1.29, 1.82) is 0 Å². The maximum absolute atomic E-state index is 11.8. The van der Waals surface area contributed by atoms with Gasteiger partial charge in [0.05, 0.1) is 12.5 Å². The van der Waals surface area contributed by atoms with Crippen LogP contribution in [0.5, 0.6) is 0 Å². The Morgan fingerprint density at radius 2 is 1.95 bits per heavy atom. The zero-order valence-electron chi connectivity index (χ0n) is 12.2. The summed E-state index contributed by atoms with van der Waals surface area (Å²) < 4.78 is 10.2. The minimum absolute atomic E-state index is 0.188. The molecule has 0 saturated heterocycles. The van der Waals surface area contributed by atoms with E-state index in [9.17, 15) is 9.59 Å². The molecule has 0 radical (unpaired) electrons. The van der Waals surface area contributed by atoms with Gasteiger partial charge in [0, 0.05) is 6.04 Å². The Balaban J connectivity index is 1.80. The number of esters is 1. The quantitative estimate of drug-likeness (QED) is 0.847. The Kier molecular flexibility index (Phi) is 5.60. The maximum Gasteiger partial charge on any atom is 0.407 e. The van der Waals surface area contributed by atoms with Gasteiger partial charge in [0.2, 0.25) is 0 Å². The van der Waals surface area contributed by atoms with Crippen LogP contribution < -0.4 is 5.32 Å². The molecule has 0 unspecified atom stereocenters. The van der Waals surface area contributed by atoms with Crippen molar-refractivity contribution in [3.05, 3.63) is 35.9 Å². The fraction of sp³-hybridized carbons (Fsp3) is 0.500. The van der Waals surface area contributed by atoms with Crippen molar-refractivity contribution in [2.24, 2.45) is 5.92 Å². The van der Waals surface area contributed by atoms with Crippen molar-refractivity contribution in [3.63, 3.8) is 0 Å². The molecule has 114 valence electrons. The highest BCUT2D eigenvalue weighted by atomic mass is 16.5. The lowest BCUT2D eigenvalue weighted by Crippen LogP contribution is -2.41. The third kappa shape index (κ3) is 4.48. The van der Waals surface area contributed by atoms with Crippen LogP contribution >= 0.6 is 0 Å². The normalized spacial score (nSPS) is 20.8. The molecular formula is C16H21NO4. The van der Waals surface area contributed by atoms with E-state index >= 15 is 0 Å². The van der Waals surface area contributed by atoms with Gasteiger partial charge in [-0.05, 0) is 25.3 Å². The van der Waals surface area contributed by atoms with E-state index in [0.29, 0.717) is 6.61 Å². The van der Waals surface area contributed by atoms with Crippen LogP contribution in [0.2, 0.25) is 0 Å². The van der Waals surface area contributed by atoms with Crippen molar-refractivity contribution in [2.45, 2.75) is 38.8 Å². The first-order valence-electron chi connectivity index (χ1n) is 7.34. The molecule has 1 fully saturated rings. The highest BCUT2D eigenvalue weighted by Gasteiger charge is 2.35. The lowest BCUT2D eigenvalue weighted by molar-refractivity contribution is -0.148. The zero-order chi connectivity index (χ0) is 15.1. The fourth-order valence-electron chi connectivity index (χ4n) is 2.58. The van der Waals surface area contributed by atoms with Crippen LogP contribution in [-0.2, 0) is 20.9 Å². The number of nitrogens with one attached hydrogen (secondary N) is 1. The number of rotatable bonds is 5. The summed E-state index contributed by atoms with van der Waals surface area (Å²) in [7, 11) is 0. The number of carbonyl (C=O) groups is 2. The zero-order valence-corrected chi connectivity index (χ0v) is 12.2. The molecule has 1 aliphatic carbocycles. The van der Waals surface area contributed by atoms with Gasteiger partial charge in [-0.25, -0.2) is 4.79 Å². The molecule has 1 saturated carbocycles. The summed E-state index contributed by atoms with van der Waals surface area (Å²) in [5.41, 5.74) is 0.931. The monoisotopic (exact) mass is 291 g/mol.